The van der Waals surface area contributed by atoms with E-state index >= 15 is 0 Å². The molecule has 2 nitrogen and oxygen atoms in total. The molecule has 5 aromatic carbocycles. The number of fused-ring (bicyclic) bond motifs is 1. The first-order valence-electron chi connectivity index (χ1n) is 12.5. The number of rotatable bonds is 6. The first-order chi connectivity index (χ1) is 18.3. The number of hydrogen-bond donors (Lipinski definition) is 0. The van der Waals surface area contributed by atoms with Crippen LogP contribution in [0.2, 0.25) is 0 Å². The van der Waals surface area contributed by atoms with E-state index in [2.05, 4.69) is 140 Å². The second-order valence-electron chi connectivity index (χ2n) is 9.26. The minimum absolute atomic E-state index is 0.211. The summed E-state index contributed by atoms with van der Waals surface area (Å²) in [5.74, 6) is 0.849. The molecule has 0 bridgehead atoms. The molecule has 1 aliphatic rings. The molecule has 37 heavy (non-hydrogen) atoms. The summed E-state index contributed by atoms with van der Waals surface area (Å²) in [5.41, 5.74) is 2.31. The van der Waals surface area contributed by atoms with Crippen LogP contribution >= 0.6 is 6.83 Å². The van der Waals surface area contributed by atoms with Gasteiger partial charge in [0.25, 0.3) is 0 Å². The van der Waals surface area contributed by atoms with E-state index in [4.69, 9.17) is 9.26 Å². The maximum atomic E-state index is 7.65. The molecule has 3 heteroatoms. The van der Waals surface area contributed by atoms with Gasteiger partial charge in [0.05, 0.1) is 0 Å². The van der Waals surface area contributed by atoms with Crippen LogP contribution in [0, 0.1) is 0 Å². The Morgan fingerprint density at radius 3 is 1.59 bits per heavy atom. The van der Waals surface area contributed by atoms with Crippen molar-refractivity contribution in [1.29, 1.82) is 0 Å². The van der Waals surface area contributed by atoms with Gasteiger partial charge in [-0.3, -0.25) is 0 Å². The normalized spacial score (nSPS) is 18.5. The van der Waals surface area contributed by atoms with Crippen molar-refractivity contribution >= 4 is 34.1 Å². The number of methoxy groups -OCH3 is 1. The Hall–Kier alpha value is -3.97. The standard InChI is InChI=1S/C34H29O2P/c1-35-28-24-21-27(22-25-28)23-26-33-32-19-11-12-20-34(32)37(36-33,29-13-5-2-6-14-29,30-15-7-3-8-16-30)31-17-9-4-10-18-31/h2-26,33H,1H3/b26-23+/t33-/m0/s1. The van der Waals surface area contributed by atoms with Gasteiger partial charge in [-0.15, -0.1) is 0 Å². The van der Waals surface area contributed by atoms with Gasteiger partial charge in [0.2, 0.25) is 0 Å². The fraction of sp³-hybridized carbons (Fsp3) is 0.0588. The van der Waals surface area contributed by atoms with Crippen LogP contribution < -0.4 is 26.0 Å². The molecule has 1 heterocycles. The fourth-order valence-electron chi connectivity index (χ4n) is 5.69. The van der Waals surface area contributed by atoms with Crippen molar-refractivity contribution in [2.75, 3.05) is 7.11 Å². The monoisotopic (exact) mass is 500 g/mol. The van der Waals surface area contributed by atoms with Crippen LogP contribution in [-0.4, -0.2) is 7.11 Å². The molecule has 1 aliphatic heterocycles. The van der Waals surface area contributed by atoms with Crippen molar-refractivity contribution in [2.24, 2.45) is 0 Å². The van der Waals surface area contributed by atoms with Crippen LogP contribution in [0.15, 0.2) is 146 Å². The van der Waals surface area contributed by atoms with E-state index in [1.807, 2.05) is 12.1 Å². The Labute approximate surface area is 218 Å². The van der Waals surface area contributed by atoms with E-state index in [1.165, 1.54) is 26.8 Å². The first kappa shape index (κ1) is 23.4. The van der Waals surface area contributed by atoms with Crippen LogP contribution in [0.4, 0.5) is 0 Å². The van der Waals surface area contributed by atoms with Gasteiger partial charge in [-0.05, 0) is 0 Å². The predicted octanol–water partition coefficient (Wildman–Crippen LogP) is 6.55. The molecule has 5 aromatic rings. The molecule has 0 saturated carbocycles. The Morgan fingerprint density at radius 2 is 1.08 bits per heavy atom. The second-order valence-corrected chi connectivity index (χ2v) is 13.6. The molecule has 0 fully saturated rings. The van der Waals surface area contributed by atoms with Crippen molar-refractivity contribution in [3.8, 4) is 5.75 Å². The van der Waals surface area contributed by atoms with Crippen LogP contribution in [0.25, 0.3) is 6.08 Å². The van der Waals surface area contributed by atoms with E-state index in [9.17, 15) is 0 Å². The Balaban J connectivity index is 1.65. The summed E-state index contributed by atoms with van der Waals surface area (Å²) in [6.45, 7) is -3.55. The summed E-state index contributed by atoms with van der Waals surface area (Å²) >= 11 is 0. The number of hydrogen-bond acceptors (Lipinski definition) is 2. The Kier molecular flexibility index (Phi) is 6.00. The van der Waals surface area contributed by atoms with E-state index in [0.717, 1.165) is 11.3 Å². The van der Waals surface area contributed by atoms with Gasteiger partial charge in [0, 0.05) is 0 Å². The quantitative estimate of drug-likeness (QED) is 0.246. The van der Waals surface area contributed by atoms with Crippen molar-refractivity contribution in [3.63, 3.8) is 0 Å². The molecular formula is C34H29O2P. The van der Waals surface area contributed by atoms with Crippen LogP contribution in [0.1, 0.15) is 17.2 Å². The molecule has 182 valence electrons. The molecule has 0 radical (unpaired) electrons. The zero-order valence-electron chi connectivity index (χ0n) is 20.8. The van der Waals surface area contributed by atoms with E-state index in [1.54, 1.807) is 7.11 Å². The van der Waals surface area contributed by atoms with Crippen molar-refractivity contribution in [3.05, 3.63) is 157 Å². The van der Waals surface area contributed by atoms with Gasteiger partial charge in [-0.25, -0.2) is 0 Å². The molecular weight excluding hydrogens is 471 g/mol. The maximum absolute atomic E-state index is 7.65. The molecule has 0 aliphatic carbocycles. The summed E-state index contributed by atoms with van der Waals surface area (Å²) < 4.78 is 13.0. The number of benzene rings is 5. The zero-order valence-corrected chi connectivity index (χ0v) is 21.7. The third kappa shape index (κ3) is 3.56. The third-order valence-corrected chi connectivity index (χ3v) is 13.2. The third-order valence-electron chi connectivity index (χ3n) is 7.35. The average Bonchev–Trinajstić information content (AvgIpc) is 3.30. The minimum atomic E-state index is -3.55. The van der Waals surface area contributed by atoms with Gasteiger partial charge >= 0.3 is 219 Å². The van der Waals surface area contributed by atoms with Gasteiger partial charge in [0.1, 0.15) is 0 Å². The molecule has 6 rings (SSSR count). The van der Waals surface area contributed by atoms with Gasteiger partial charge in [-0.1, -0.05) is 0 Å². The van der Waals surface area contributed by atoms with Crippen LogP contribution in [0.5, 0.6) is 5.75 Å². The molecule has 0 spiro atoms. The summed E-state index contributed by atoms with van der Waals surface area (Å²) in [6.07, 6.45) is 4.14. The molecule has 0 aromatic heterocycles. The van der Waals surface area contributed by atoms with Crippen molar-refractivity contribution in [1.82, 2.24) is 0 Å². The fourth-order valence-corrected chi connectivity index (χ4v) is 11.8. The van der Waals surface area contributed by atoms with E-state index < -0.39 is 6.83 Å². The molecule has 0 unspecified atom stereocenters. The first-order valence-corrected chi connectivity index (χ1v) is 14.7. The van der Waals surface area contributed by atoms with Gasteiger partial charge in [-0.2, -0.15) is 0 Å². The topological polar surface area (TPSA) is 18.5 Å². The predicted molar refractivity (Wildman–Crippen MR) is 157 cm³/mol. The molecule has 0 amide bonds. The Bertz CT molecular complexity index is 1430. The molecule has 0 saturated heterocycles. The van der Waals surface area contributed by atoms with Crippen molar-refractivity contribution < 1.29 is 9.26 Å². The summed E-state index contributed by atoms with van der Waals surface area (Å²) in [7, 11) is 1.69. The SMILES string of the molecule is COc1ccc(/C=C/[C@@H]2OP(c3ccccc3)(c3ccccc3)(c3ccccc3)c3ccccc32)cc1. The zero-order chi connectivity index (χ0) is 25.2. The molecule has 1 atom stereocenters. The Morgan fingerprint density at radius 1 is 0.595 bits per heavy atom. The van der Waals surface area contributed by atoms with Crippen LogP contribution in [0.3, 0.4) is 0 Å². The summed E-state index contributed by atoms with van der Waals surface area (Å²) in [4.78, 5) is 0. The van der Waals surface area contributed by atoms with Gasteiger partial charge in [0.15, 0.2) is 0 Å². The van der Waals surface area contributed by atoms with Crippen molar-refractivity contribution in [2.45, 2.75) is 6.10 Å². The van der Waals surface area contributed by atoms with E-state index in [-0.39, 0.29) is 6.10 Å². The molecule has 0 N–H and O–H groups in total. The van der Waals surface area contributed by atoms with Gasteiger partial charge < -0.3 is 0 Å². The van der Waals surface area contributed by atoms with Crippen LogP contribution in [-0.2, 0) is 4.52 Å². The van der Waals surface area contributed by atoms with E-state index in [0.29, 0.717) is 0 Å². The number of ether oxygens (including phenoxy) is 1. The second kappa shape index (κ2) is 9.48. The average molecular weight is 501 g/mol. The summed E-state index contributed by atoms with van der Waals surface area (Å²) in [5, 5.41) is 4.89. The summed E-state index contributed by atoms with van der Waals surface area (Å²) in [6, 6.07) is 49.3.